The largest absolute Gasteiger partial charge is 0.426 e. The summed E-state index contributed by atoms with van der Waals surface area (Å²) < 4.78 is 5.27. The number of rotatable bonds is 2. The van der Waals surface area contributed by atoms with Crippen molar-refractivity contribution >= 4 is 5.97 Å². The second kappa shape index (κ2) is 3.39. The van der Waals surface area contributed by atoms with Crippen molar-refractivity contribution in [2.24, 2.45) is 5.41 Å². The van der Waals surface area contributed by atoms with Crippen molar-refractivity contribution in [1.82, 2.24) is 0 Å². The maximum absolute atomic E-state index is 11.4. The third-order valence-corrected chi connectivity index (χ3v) is 2.45. The van der Waals surface area contributed by atoms with Crippen LogP contribution in [0.3, 0.4) is 0 Å². The third-order valence-electron chi connectivity index (χ3n) is 2.45. The van der Waals surface area contributed by atoms with Crippen LogP contribution in [0.15, 0.2) is 60.4 Å². The van der Waals surface area contributed by atoms with E-state index in [1.807, 2.05) is 36.5 Å². The van der Waals surface area contributed by atoms with Crippen LogP contribution in [0.2, 0.25) is 0 Å². The van der Waals surface area contributed by atoms with E-state index in [0.717, 1.165) is 0 Å². The molecule has 0 saturated carbocycles. The van der Waals surface area contributed by atoms with E-state index in [0.29, 0.717) is 11.3 Å². The molecule has 2 aliphatic rings. The van der Waals surface area contributed by atoms with Crippen LogP contribution in [0.5, 0.6) is 0 Å². The first-order chi connectivity index (χ1) is 7.14. The van der Waals surface area contributed by atoms with Gasteiger partial charge in [-0.2, -0.15) is 0 Å². The lowest BCUT2D eigenvalue weighted by Gasteiger charge is -2.20. The maximum atomic E-state index is 11.4. The Morgan fingerprint density at radius 3 is 2.47 bits per heavy atom. The van der Waals surface area contributed by atoms with Gasteiger partial charge in [0.1, 0.15) is 5.76 Å². The molecule has 0 atom stereocenters. The second-order valence-electron chi connectivity index (χ2n) is 3.71. The molecule has 2 heteroatoms. The molecule has 0 N–H and O–H groups in total. The molecule has 0 aliphatic heterocycles. The highest BCUT2D eigenvalue weighted by Crippen LogP contribution is 2.40. The average molecular weight is 200 g/mol. The van der Waals surface area contributed by atoms with Gasteiger partial charge in [-0.05, 0) is 13.0 Å². The molecule has 0 aromatic carbocycles. The monoisotopic (exact) mass is 200 g/mol. The lowest BCUT2D eigenvalue weighted by molar-refractivity contribution is -0.135. The van der Waals surface area contributed by atoms with Gasteiger partial charge in [-0.3, -0.25) is 0 Å². The van der Waals surface area contributed by atoms with Crippen molar-refractivity contribution < 1.29 is 9.53 Å². The predicted octanol–water partition coefficient (Wildman–Crippen LogP) is 2.67. The van der Waals surface area contributed by atoms with Gasteiger partial charge < -0.3 is 4.74 Å². The van der Waals surface area contributed by atoms with E-state index in [2.05, 4.69) is 6.58 Å². The van der Waals surface area contributed by atoms with Crippen molar-refractivity contribution in [1.29, 1.82) is 0 Å². The maximum Gasteiger partial charge on any atom is 0.338 e. The summed E-state index contributed by atoms with van der Waals surface area (Å²) >= 11 is 0. The highest BCUT2D eigenvalue weighted by atomic mass is 16.5. The molecule has 0 radical (unpaired) electrons. The molecule has 15 heavy (non-hydrogen) atoms. The summed E-state index contributed by atoms with van der Waals surface area (Å²) in [5.41, 5.74) is 0.0642. The third kappa shape index (κ3) is 1.59. The van der Waals surface area contributed by atoms with Gasteiger partial charge in [0, 0.05) is 5.57 Å². The minimum Gasteiger partial charge on any atom is -0.426 e. The van der Waals surface area contributed by atoms with Crippen LogP contribution < -0.4 is 0 Å². The second-order valence-corrected chi connectivity index (χ2v) is 3.71. The Bertz CT molecular complexity index is 416. The summed E-state index contributed by atoms with van der Waals surface area (Å²) in [6, 6.07) is 0. The number of carbonyl (C=O) groups excluding carboxylic acids is 1. The predicted molar refractivity (Wildman–Crippen MR) is 58.8 cm³/mol. The molecule has 2 rings (SSSR count). The summed E-state index contributed by atoms with van der Waals surface area (Å²) in [6.07, 6.45) is 13.6. The zero-order chi connectivity index (χ0) is 10.9. The van der Waals surface area contributed by atoms with Crippen molar-refractivity contribution in [3.05, 3.63) is 60.4 Å². The quantitative estimate of drug-likeness (QED) is 0.506. The summed E-state index contributed by atoms with van der Waals surface area (Å²) in [5.74, 6) is 0.263. The fourth-order valence-corrected chi connectivity index (χ4v) is 1.59. The number of ether oxygens (including phenoxy) is 1. The van der Waals surface area contributed by atoms with Gasteiger partial charge in [-0.25, -0.2) is 4.79 Å². The molecule has 2 nitrogen and oxygen atoms in total. The number of carbonyl (C=O) groups is 1. The standard InChI is InChI=1S/C13H12O2/c1-10(2)12(14)15-11-6-5-9-13(11)7-3-4-8-13/h3-9H,1H2,2H3. The molecule has 0 saturated heterocycles. The number of allylic oxidation sites excluding steroid dienone is 5. The van der Waals surface area contributed by atoms with Gasteiger partial charge in [0.2, 0.25) is 0 Å². The minimum absolute atomic E-state index is 0.342. The smallest absolute Gasteiger partial charge is 0.338 e. The van der Waals surface area contributed by atoms with Crippen molar-refractivity contribution in [2.45, 2.75) is 6.92 Å². The lowest BCUT2D eigenvalue weighted by atomic mass is 9.90. The zero-order valence-corrected chi connectivity index (χ0v) is 8.57. The molecule has 0 amide bonds. The molecule has 0 heterocycles. The van der Waals surface area contributed by atoms with Gasteiger partial charge in [-0.15, -0.1) is 0 Å². The first-order valence-electron chi connectivity index (χ1n) is 4.79. The molecular formula is C13H12O2. The van der Waals surface area contributed by atoms with Crippen LogP contribution >= 0.6 is 0 Å². The average Bonchev–Trinajstić information content (AvgIpc) is 2.79. The van der Waals surface area contributed by atoms with E-state index < -0.39 is 0 Å². The fourth-order valence-electron chi connectivity index (χ4n) is 1.59. The zero-order valence-electron chi connectivity index (χ0n) is 8.57. The van der Waals surface area contributed by atoms with Gasteiger partial charge >= 0.3 is 5.97 Å². The minimum atomic E-state index is -0.377. The summed E-state index contributed by atoms with van der Waals surface area (Å²) in [7, 11) is 0. The Balaban J connectivity index is 2.19. The molecular weight excluding hydrogens is 188 g/mol. The van der Waals surface area contributed by atoms with E-state index in [9.17, 15) is 4.79 Å². The molecule has 0 aromatic rings. The Morgan fingerprint density at radius 2 is 1.87 bits per heavy atom. The topological polar surface area (TPSA) is 26.3 Å². The van der Waals surface area contributed by atoms with E-state index in [1.165, 1.54) is 0 Å². The molecule has 0 unspecified atom stereocenters. The van der Waals surface area contributed by atoms with Gasteiger partial charge in [0.05, 0.1) is 5.41 Å². The summed E-state index contributed by atoms with van der Waals surface area (Å²) in [6.45, 7) is 5.19. The van der Waals surface area contributed by atoms with Crippen molar-refractivity contribution in [3.63, 3.8) is 0 Å². The fraction of sp³-hybridized carbons (Fsp3) is 0.154. The van der Waals surface area contributed by atoms with Crippen molar-refractivity contribution in [3.8, 4) is 0 Å². The van der Waals surface area contributed by atoms with Crippen LogP contribution in [0.4, 0.5) is 0 Å². The normalized spacial score (nSPS) is 19.7. The summed E-state index contributed by atoms with van der Waals surface area (Å²) in [4.78, 5) is 11.4. The Hall–Kier alpha value is -1.83. The van der Waals surface area contributed by atoms with Crippen LogP contribution in [0.1, 0.15) is 6.92 Å². The number of esters is 1. The van der Waals surface area contributed by atoms with E-state index in [-0.39, 0.29) is 11.4 Å². The van der Waals surface area contributed by atoms with Crippen LogP contribution in [-0.2, 0) is 9.53 Å². The summed E-state index contributed by atoms with van der Waals surface area (Å²) in [5, 5.41) is 0. The van der Waals surface area contributed by atoms with E-state index in [1.54, 1.807) is 13.0 Å². The van der Waals surface area contributed by atoms with Gasteiger partial charge in [-0.1, -0.05) is 43.0 Å². The molecule has 0 bridgehead atoms. The molecule has 1 spiro atoms. The SMILES string of the molecule is C=C(C)C(=O)OC1=CC=CC12C=CC=C2. The lowest BCUT2D eigenvalue weighted by Crippen LogP contribution is -2.17. The molecule has 76 valence electrons. The highest BCUT2D eigenvalue weighted by molar-refractivity contribution is 5.88. The Kier molecular flexibility index (Phi) is 2.19. The number of hydrogen-bond acceptors (Lipinski definition) is 2. The highest BCUT2D eigenvalue weighted by Gasteiger charge is 2.33. The molecule has 0 aromatic heterocycles. The molecule has 2 aliphatic carbocycles. The first kappa shape index (κ1) is 9.71. The van der Waals surface area contributed by atoms with Crippen LogP contribution in [-0.4, -0.2) is 5.97 Å². The van der Waals surface area contributed by atoms with E-state index in [4.69, 9.17) is 4.74 Å². The Morgan fingerprint density at radius 1 is 1.27 bits per heavy atom. The molecule has 0 fully saturated rings. The number of hydrogen-bond donors (Lipinski definition) is 0. The first-order valence-corrected chi connectivity index (χ1v) is 4.79. The van der Waals surface area contributed by atoms with E-state index >= 15 is 0 Å². The van der Waals surface area contributed by atoms with Gasteiger partial charge in [0.25, 0.3) is 0 Å². The Labute approximate surface area is 88.9 Å². The van der Waals surface area contributed by atoms with Crippen LogP contribution in [0.25, 0.3) is 0 Å². The van der Waals surface area contributed by atoms with Gasteiger partial charge in [0.15, 0.2) is 0 Å². The van der Waals surface area contributed by atoms with Crippen LogP contribution in [0, 0.1) is 5.41 Å². The van der Waals surface area contributed by atoms with Crippen molar-refractivity contribution in [2.75, 3.05) is 0 Å².